The van der Waals surface area contributed by atoms with E-state index in [4.69, 9.17) is 26.8 Å². The van der Waals surface area contributed by atoms with Crippen LogP contribution in [-0.2, 0) is 6.61 Å². The number of hydrogen-bond donors (Lipinski definition) is 1. The molecule has 2 aromatic carbocycles. The number of nitrogens with two attached hydrogens (primary N) is 1. The van der Waals surface area contributed by atoms with Gasteiger partial charge in [-0.15, -0.1) is 0 Å². The Kier molecular flexibility index (Phi) is 5.13. The van der Waals surface area contributed by atoms with Crippen LogP contribution in [0.2, 0.25) is 5.02 Å². The van der Waals surface area contributed by atoms with Crippen molar-refractivity contribution in [2.45, 2.75) is 20.0 Å². The molecule has 3 nitrogen and oxygen atoms in total. The third-order valence-electron chi connectivity index (χ3n) is 2.83. The summed E-state index contributed by atoms with van der Waals surface area (Å²) in [4.78, 5) is 0. The molecule has 0 fully saturated rings. The van der Waals surface area contributed by atoms with E-state index in [1.165, 1.54) is 0 Å². The van der Waals surface area contributed by atoms with Crippen LogP contribution in [0.1, 0.15) is 18.9 Å². The second-order valence-electron chi connectivity index (χ2n) is 4.40. The molecule has 0 amide bonds. The standard InChI is InChI=1S/C16H18ClNO2/c1-2-10-19-14-8-5-9-15(16(14)18)20-11-12-6-3-4-7-13(12)17/h3-9H,2,10-11,18H2,1H3. The summed E-state index contributed by atoms with van der Waals surface area (Å²) in [5.74, 6) is 1.27. The molecule has 0 heterocycles. The number of benzene rings is 2. The molecule has 0 unspecified atom stereocenters. The Bertz CT molecular complexity index is 572. The zero-order valence-electron chi connectivity index (χ0n) is 11.4. The lowest BCUT2D eigenvalue weighted by atomic mass is 10.2. The minimum atomic E-state index is 0.376. The third-order valence-corrected chi connectivity index (χ3v) is 3.20. The summed E-state index contributed by atoms with van der Waals surface area (Å²) in [5.41, 5.74) is 7.49. The highest BCUT2D eigenvalue weighted by atomic mass is 35.5. The summed E-state index contributed by atoms with van der Waals surface area (Å²) in [6.07, 6.45) is 0.935. The van der Waals surface area contributed by atoms with Crippen molar-refractivity contribution in [3.05, 3.63) is 53.1 Å². The summed E-state index contributed by atoms with van der Waals surface area (Å²) in [6.45, 7) is 3.06. The summed E-state index contributed by atoms with van der Waals surface area (Å²) in [5, 5.41) is 0.685. The Morgan fingerprint density at radius 1 is 1.00 bits per heavy atom. The Morgan fingerprint density at radius 2 is 1.70 bits per heavy atom. The van der Waals surface area contributed by atoms with Gasteiger partial charge in [-0.2, -0.15) is 0 Å². The van der Waals surface area contributed by atoms with Crippen molar-refractivity contribution < 1.29 is 9.47 Å². The number of rotatable bonds is 6. The molecule has 0 radical (unpaired) electrons. The fourth-order valence-electron chi connectivity index (χ4n) is 1.76. The van der Waals surface area contributed by atoms with Crippen LogP contribution in [0.5, 0.6) is 11.5 Å². The minimum Gasteiger partial charge on any atom is -0.491 e. The van der Waals surface area contributed by atoms with Crippen LogP contribution >= 0.6 is 11.6 Å². The second kappa shape index (κ2) is 7.06. The maximum absolute atomic E-state index is 6.09. The first-order chi connectivity index (χ1) is 9.72. The molecule has 106 valence electrons. The van der Waals surface area contributed by atoms with Crippen molar-refractivity contribution >= 4 is 17.3 Å². The number of ether oxygens (including phenoxy) is 2. The summed E-state index contributed by atoms with van der Waals surface area (Å²) in [7, 11) is 0. The minimum absolute atomic E-state index is 0.376. The molecule has 0 aliphatic rings. The van der Waals surface area contributed by atoms with Crippen LogP contribution in [0.15, 0.2) is 42.5 Å². The molecule has 0 saturated carbocycles. The van der Waals surface area contributed by atoms with Gasteiger partial charge >= 0.3 is 0 Å². The van der Waals surface area contributed by atoms with Gasteiger partial charge in [-0.3, -0.25) is 0 Å². The zero-order valence-corrected chi connectivity index (χ0v) is 12.2. The third kappa shape index (κ3) is 3.58. The van der Waals surface area contributed by atoms with Gasteiger partial charge in [0.25, 0.3) is 0 Å². The van der Waals surface area contributed by atoms with Gasteiger partial charge in [-0.05, 0) is 24.6 Å². The second-order valence-corrected chi connectivity index (χ2v) is 4.80. The highest BCUT2D eigenvalue weighted by Gasteiger charge is 2.08. The van der Waals surface area contributed by atoms with Crippen molar-refractivity contribution in [1.29, 1.82) is 0 Å². The Balaban J connectivity index is 2.08. The number of anilines is 1. The van der Waals surface area contributed by atoms with E-state index in [0.717, 1.165) is 12.0 Å². The SMILES string of the molecule is CCCOc1cccc(OCc2ccccc2Cl)c1N. The maximum atomic E-state index is 6.09. The normalized spacial score (nSPS) is 10.3. The molecule has 0 bridgehead atoms. The molecule has 0 spiro atoms. The van der Waals surface area contributed by atoms with E-state index in [0.29, 0.717) is 35.4 Å². The van der Waals surface area contributed by atoms with E-state index in [1.54, 1.807) is 0 Å². The van der Waals surface area contributed by atoms with Crippen LogP contribution in [0.4, 0.5) is 5.69 Å². The van der Waals surface area contributed by atoms with Gasteiger partial charge in [0.05, 0.1) is 6.61 Å². The van der Waals surface area contributed by atoms with Gasteiger partial charge < -0.3 is 15.2 Å². The molecule has 4 heteroatoms. The largest absolute Gasteiger partial charge is 0.491 e. The van der Waals surface area contributed by atoms with Gasteiger partial charge in [0.2, 0.25) is 0 Å². The van der Waals surface area contributed by atoms with E-state index >= 15 is 0 Å². The van der Waals surface area contributed by atoms with Gasteiger partial charge in [-0.1, -0.05) is 42.8 Å². The summed E-state index contributed by atoms with van der Waals surface area (Å²) < 4.78 is 11.3. The van der Waals surface area contributed by atoms with E-state index in [1.807, 2.05) is 49.4 Å². The van der Waals surface area contributed by atoms with Crippen molar-refractivity contribution in [2.75, 3.05) is 12.3 Å². The topological polar surface area (TPSA) is 44.5 Å². The molecule has 2 N–H and O–H groups in total. The summed E-state index contributed by atoms with van der Waals surface area (Å²) >= 11 is 6.09. The van der Waals surface area contributed by atoms with Crippen molar-refractivity contribution in [3.63, 3.8) is 0 Å². The molecular weight excluding hydrogens is 274 g/mol. The lowest BCUT2D eigenvalue weighted by Gasteiger charge is -2.13. The van der Waals surface area contributed by atoms with Crippen LogP contribution in [0.25, 0.3) is 0 Å². The average Bonchev–Trinajstić information content (AvgIpc) is 2.46. The van der Waals surface area contributed by atoms with Crippen molar-refractivity contribution in [1.82, 2.24) is 0 Å². The Morgan fingerprint density at radius 3 is 2.40 bits per heavy atom. The molecule has 20 heavy (non-hydrogen) atoms. The van der Waals surface area contributed by atoms with E-state index in [-0.39, 0.29) is 0 Å². The highest BCUT2D eigenvalue weighted by molar-refractivity contribution is 6.31. The first-order valence-electron chi connectivity index (χ1n) is 6.60. The van der Waals surface area contributed by atoms with Gasteiger partial charge in [0.1, 0.15) is 23.8 Å². The predicted octanol–water partition coefficient (Wildman–Crippen LogP) is 4.29. The van der Waals surface area contributed by atoms with Crippen LogP contribution in [0.3, 0.4) is 0 Å². The fourth-order valence-corrected chi connectivity index (χ4v) is 1.95. The first-order valence-corrected chi connectivity index (χ1v) is 6.97. The number of nitrogen functional groups attached to an aromatic ring is 1. The van der Waals surface area contributed by atoms with Gasteiger partial charge in [0, 0.05) is 10.6 Å². The predicted molar refractivity (Wildman–Crippen MR) is 82.4 cm³/mol. The summed E-state index contributed by atoms with van der Waals surface area (Å²) in [6, 6.07) is 13.1. The smallest absolute Gasteiger partial charge is 0.146 e. The zero-order chi connectivity index (χ0) is 14.4. The lowest BCUT2D eigenvalue weighted by molar-refractivity contribution is 0.298. The number of hydrogen-bond acceptors (Lipinski definition) is 3. The highest BCUT2D eigenvalue weighted by Crippen LogP contribution is 2.32. The van der Waals surface area contributed by atoms with Crippen LogP contribution < -0.4 is 15.2 Å². The number of para-hydroxylation sites is 1. The van der Waals surface area contributed by atoms with Crippen molar-refractivity contribution in [2.24, 2.45) is 0 Å². The van der Waals surface area contributed by atoms with Crippen LogP contribution in [0, 0.1) is 0 Å². The molecule has 2 rings (SSSR count). The van der Waals surface area contributed by atoms with Crippen molar-refractivity contribution in [3.8, 4) is 11.5 Å². The number of halogens is 1. The molecule has 0 atom stereocenters. The maximum Gasteiger partial charge on any atom is 0.146 e. The van der Waals surface area contributed by atoms with E-state index < -0.39 is 0 Å². The molecule has 0 aromatic heterocycles. The van der Waals surface area contributed by atoms with Crippen LogP contribution in [-0.4, -0.2) is 6.61 Å². The molecule has 0 saturated heterocycles. The average molecular weight is 292 g/mol. The fraction of sp³-hybridized carbons (Fsp3) is 0.250. The Hall–Kier alpha value is -1.87. The Labute approximate surface area is 124 Å². The molecular formula is C16H18ClNO2. The van der Waals surface area contributed by atoms with Gasteiger partial charge in [-0.25, -0.2) is 0 Å². The molecule has 2 aromatic rings. The van der Waals surface area contributed by atoms with Gasteiger partial charge in [0.15, 0.2) is 0 Å². The monoisotopic (exact) mass is 291 g/mol. The van der Waals surface area contributed by atoms with E-state index in [2.05, 4.69) is 0 Å². The van der Waals surface area contributed by atoms with E-state index in [9.17, 15) is 0 Å². The first kappa shape index (κ1) is 14.5. The lowest BCUT2D eigenvalue weighted by Crippen LogP contribution is -2.03. The molecule has 0 aliphatic heterocycles. The quantitative estimate of drug-likeness (QED) is 0.808. The molecule has 0 aliphatic carbocycles.